The summed E-state index contributed by atoms with van der Waals surface area (Å²) in [5.41, 5.74) is 2.66. The number of anilines is 1. The molecule has 6 heteroatoms. The normalized spacial score (nSPS) is 15.8. The quantitative estimate of drug-likeness (QED) is 0.803. The third-order valence-corrected chi connectivity index (χ3v) is 3.74. The van der Waals surface area contributed by atoms with Gasteiger partial charge in [-0.25, -0.2) is 9.98 Å². The summed E-state index contributed by atoms with van der Waals surface area (Å²) in [5, 5.41) is 6.48. The minimum Gasteiger partial charge on any atom is -0.497 e. The van der Waals surface area contributed by atoms with Crippen molar-refractivity contribution in [3.8, 4) is 17.0 Å². The maximum atomic E-state index is 5.18. The number of aliphatic imine (C=N–C) groups is 1. The standard InChI is InChI=1S/C17H21N5O/c1-3-4-9-18-16-15-17(21-11-20-16)22-14(10-19-15)12-5-7-13(23-2)8-6-12/h5-8,10-11,16,18H,3-4,9H2,1-2H3,(H,20,21,22). The van der Waals surface area contributed by atoms with E-state index >= 15 is 0 Å². The van der Waals surface area contributed by atoms with Gasteiger partial charge in [0, 0.05) is 5.56 Å². The Morgan fingerprint density at radius 1 is 1.26 bits per heavy atom. The predicted octanol–water partition coefficient (Wildman–Crippen LogP) is 2.99. The molecule has 2 N–H and O–H groups in total. The number of benzene rings is 1. The maximum absolute atomic E-state index is 5.18. The van der Waals surface area contributed by atoms with Crippen LogP contribution in [0.2, 0.25) is 0 Å². The lowest BCUT2D eigenvalue weighted by Gasteiger charge is -2.20. The van der Waals surface area contributed by atoms with E-state index in [2.05, 4.69) is 32.5 Å². The van der Waals surface area contributed by atoms with E-state index in [0.29, 0.717) is 0 Å². The highest BCUT2D eigenvalue weighted by molar-refractivity contribution is 5.78. The molecule has 2 heterocycles. The summed E-state index contributed by atoms with van der Waals surface area (Å²) in [7, 11) is 1.66. The number of hydrogen-bond donors (Lipinski definition) is 2. The van der Waals surface area contributed by atoms with E-state index in [1.807, 2.05) is 24.3 Å². The molecule has 1 unspecified atom stereocenters. The molecule has 0 bridgehead atoms. The smallest absolute Gasteiger partial charge is 0.157 e. The Labute approximate surface area is 136 Å². The Balaban J connectivity index is 1.81. The van der Waals surface area contributed by atoms with Crippen LogP contribution in [0.25, 0.3) is 11.3 Å². The molecule has 2 aromatic rings. The van der Waals surface area contributed by atoms with Crippen molar-refractivity contribution in [1.82, 2.24) is 15.3 Å². The first-order valence-electron chi connectivity index (χ1n) is 7.84. The lowest BCUT2D eigenvalue weighted by atomic mass is 10.1. The van der Waals surface area contributed by atoms with Crippen molar-refractivity contribution in [3.05, 3.63) is 36.2 Å². The van der Waals surface area contributed by atoms with Gasteiger partial charge >= 0.3 is 0 Å². The van der Waals surface area contributed by atoms with E-state index in [9.17, 15) is 0 Å². The molecule has 6 nitrogen and oxygen atoms in total. The molecule has 0 saturated heterocycles. The van der Waals surface area contributed by atoms with Gasteiger partial charge in [-0.2, -0.15) is 0 Å². The average Bonchev–Trinajstić information content (AvgIpc) is 2.62. The van der Waals surface area contributed by atoms with Crippen molar-refractivity contribution in [1.29, 1.82) is 0 Å². The number of methoxy groups -OCH3 is 1. The number of ether oxygens (including phenoxy) is 1. The van der Waals surface area contributed by atoms with Gasteiger partial charge < -0.3 is 10.1 Å². The van der Waals surface area contributed by atoms with Crippen LogP contribution in [0.4, 0.5) is 5.82 Å². The zero-order chi connectivity index (χ0) is 16.1. The fourth-order valence-corrected chi connectivity index (χ4v) is 2.41. The Morgan fingerprint density at radius 3 is 2.83 bits per heavy atom. The average molecular weight is 311 g/mol. The van der Waals surface area contributed by atoms with Crippen LogP contribution in [0.1, 0.15) is 31.6 Å². The summed E-state index contributed by atoms with van der Waals surface area (Å²) in [4.78, 5) is 13.6. The lowest BCUT2D eigenvalue weighted by molar-refractivity contribution is 0.415. The third kappa shape index (κ3) is 3.48. The van der Waals surface area contributed by atoms with Crippen LogP contribution in [0, 0.1) is 0 Å². The summed E-state index contributed by atoms with van der Waals surface area (Å²) in [6.45, 7) is 3.09. The lowest BCUT2D eigenvalue weighted by Crippen LogP contribution is -2.26. The summed E-state index contributed by atoms with van der Waals surface area (Å²) in [6, 6.07) is 7.78. The molecule has 0 aliphatic carbocycles. The SMILES string of the molecule is CCCCNC1N=CNc2nc(-c3ccc(OC)cc3)cnc21. The van der Waals surface area contributed by atoms with E-state index in [4.69, 9.17) is 4.74 Å². The van der Waals surface area contributed by atoms with E-state index < -0.39 is 0 Å². The van der Waals surface area contributed by atoms with E-state index in [1.54, 1.807) is 19.6 Å². The molecule has 1 aromatic heterocycles. The van der Waals surface area contributed by atoms with E-state index in [-0.39, 0.29) is 6.17 Å². The third-order valence-electron chi connectivity index (χ3n) is 3.74. The topological polar surface area (TPSA) is 71.4 Å². The first-order chi connectivity index (χ1) is 11.3. The molecule has 1 aliphatic heterocycles. The van der Waals surface area contributed by atoms with Crippen LogP contribution >= 0.6 is 0 Å². The van der Waals surface area contributed by atoms with Gasteiger partial charge in [0.05, 0.1) is 25.3 Å². The van der Waals surface area contributed by atoms with Crippen LogP contribution in [0.15, 0.2) is 35.5 Å². The van der Waals surface area contributed by atoms with Crippen LogP contribution in [-0.4, -0.2) is 30.0 Å². The van der Waals surface area contributed by atoms with Crippen LogP contribution < -0.4 is 15.4 Å². The minimum atomic E-state index is -0.129. The van der Waals surface area contributed by atoms with E-state index in [0.717, 1.165) is 47.9 Å². The predicted molar refractivity (Wildman–Crippen MR) is 91.8 cm³/mol. The zero-order valence-corrected chi connectivity index (χ0v) is 13.4. The number of nitrogens with one attached hydrogen (secondary N) is 2. The monoisotopic (exact) mass is 311 g/mol. The minimum absolute atomic E-state index is 0.129. The molecule has 0 amide bonds. The summed E-state index contributed by atoms with van der Waals surface area (Å²) in [5.74, 6) is 1.58. The van der Waals surface area contributed by atoms with Gasteiger partial charge in [0.15, 0.2) is 5.82 Å². The van der Waals surface area contributed by atoms with Gasteiger partial charge in [-0.1, -0.05) is 13.3 Å². The Morgan fingerprint density at radius 2 is 2.09 bits per heavy atom. The molecule has 1 atom stereocenters. The fraction of sp³-hybridized carbons (Fsp3) is 0.353. The number of hydrogen-bond acceptors (Lipinski definition) is 6. The Bertz CT molecular complexity index is 684. The molecule has 3 rings (SSSR count). The number of aromatic nitrogens is 2. The second-order valence-electron chi connectivity index (χ2n) is 5.35. The molecule has 0 saturated carbocycles. The molecule has 23 heavy (non-hydrogen) atoms. The molecule has 1 aromatic carbocycles. The molecule has 0 radical (unpaired) electrons. The van der Waals surface area contributed by atoms with Crippen LogP contribution in [0.3, 0.4) is 0 Å². The van der Waals surface area contributed by atoms with Crippen molar-refractivity contribution in [2.45, 2.75) is 25.9 Å². The van der Waals surface area contributed by atoms with Gasteiger partial charge in [0.25, 0.3) is 0 Å². The first-order valence-corrected chi connectivity index (χ1v) is 7.84. The Hall–Kier alpha value is -2.47. The van der Waals surface area contributed by atoms with E-state index in [1.165, 1.54) is 0 Å². The number of fused-ring (bicyclic) bond motifs is 1. The molecule has 120 valence electrons. The largest absolute Gasteiger partial charge is 0.497 e. The van der Waals surface area contributed by atoms with Crippen LogP contribution in [0.5, 0.6) is 5.75 Å². The molecule has 0 fully saturated rings. The fourth-order valence-electron chi connectivity index (χ4n) is 2.41. The van der Waals surface area contributed by atoms with Crippen molar-refractivity contribution in [2.24, 2.45) is 4.99 Å². The number of rotatable bonds is 6. The van der Waals surface area contributed by atoms with Gasteiger partial charge in [-0.05, 0) is 37.2 Å². The van der Waals surface area contributed by atoms with Crippen LogP contribution in [-0.2, 0) is 0 Å². The summed E-state index contributed by atoms with van der Waals surface area (Å²) in [6.07, 6.45) is 5.61. The van der Waals surface area contributed by atoms with Crippen molar-refractivity contribution < 1.29 is 4.74 Å². The van der Waals surface area contributed by atoms with Crippen molar-refractivity contribution in [2.75, 3.05) is 19.0 Å². The van der Waals surface area contributed by atoms with Gasteiger partial charge in [-0.15, -0.1) is 0 Å². The summed E-state index contributed by atoms with van der Waals surface area (Å²) >= 11 is 0. The molecule has 0 spiro atoms. The second kappa shape index (κ2) is 7.19. The molecule has 1 aliphatic rings. The van der Waals surface area contributed by atoms with Gasteiger partial charge in [0.1, 0.15) is 17.6 Å². The zero-order valence-electron chi connectivity index (χ0n) is 13.4. The highest BCUT2D eigenvalue weighted by Crippen LogP contribution is 2.27. The molecular formula is C17H21N5O. The molecular weight excluding hydrogens is 290 g/mol. The van der Waals surface area contributed by atoms with Gasteiger partial charge in [0.2, 0.25) is 0 Å². The summed E-state index contributed by atoms with van der Waals surface area (Å²) < 4.78 is 5.18. The van der Waals surface area contributed by atoms with Crippen molar-refractivity contribution >= 4 is 12.2 Å². The highest BCUT2D eigenvalue weighted by Gasteiger charge is 2.20. The maximum Gasteiger partial charge on any atom is 0.157 e. The number of unbranched alkanes of at least 4 members (excludes halogenated alkanes) is 1. The highest BCUT2D eigenvalue weighted by atomic mass is 16.5. The number of nitrogens with zero attached hydrogens (tertiary/aromatic N) is 3. The Kier molecular flexibility index (Phi) is 4.83. The van der Waals surface area contributed by atoms with Gasteiger partial charge in [-0.3, -0.25) is 10.3 Å². The second-order valence-corrected chi connectivity index (χ2v) is 5.35. The first kappa shape index (κ1) is 15.4. The van der Waals surface area contributed by atoms with Crippen molar-refractivity contribution in [3.63, 3.8) is 0 Å².